The van der Waals surface area contributed by atoms with Crippen molar-refractivity contribution in [3.63, 3.8) is 0 Å². The monoisotopic (exact) mass is 469 g/mol. The van der Waals surface area contributed by atoms with Gasteiger partial charge in [0.15, 0.2) is 0 Å². The summed E-state index contributed by atoms with van der Waals surface area (Å²) in [5.74, 6) is 1.15. The second-order valence-corrected chi connectivity index (χ2v) is 8.53. The summed E-state index contributed by atoms with van der Waals surface area (Å²) in [6.07, 6.45) is 7.91. The highest BCUT2D eigenvalue weighted by molar-refractivity contribution is 6.36. The average Bonchev–Trinajstić information content (AvgIpc) is 3.17. The molecule has 1 heterocycles. The highest BCUT2D eigenvalue weighted by Gasteiger charge is 2.18. The van der Waals surface area contributed by atoms with E-state index in [9.17, 15) is 4.79 Å². The molecule has 4 nitrogen and oxygen atoms in total. The van der Waals surface area contributed by atoms with E-state index in [0.717, 1.165) is 33.7 Å². The summed E-state index contributed by atoms with van der Waals surface area (Å²) >= 11 is 12.3. The van der Waals surface area contributed by atoms with Crippen LogP contribution in [-0.4, -0.2) is 18.1 Å². The molecule has 1 aromatic heterocycles. The molecule has 0 saturated carbocycles. The first kappa shape index (κ1) is 23.8. The second-order valence-electron chi connectivity index (χ2n) is 7.69. The van der Waals surface area contributed by atoms with Gasteiger partial charge in [-0.3, -0.25) is 0 Å². The van der Waals surface area contributed by atoms with Crippen LogP contribution in [0, 0.1) is 6.92 Å². The number of carbonyl (C=O) groups is 1. The number of allylic oxidation sites excluding steroid dienone is 1. The molecule has 0 fully saturated rings. The third-order valence-corrected chi connectivity index (χ3v) is 5.48. The van der Waals surface area contributed by atoms with E-state index in [-0.39, 0.29) is 11.9 Å². The van der Waals surface area contributed by atoms with Gasteiger partial charge in [-0.25, -0.2) is 9.78 Å². The number of rotatable bonds is 7. The number of nitrogens with zero attached hydrogens (tertiary/aromatic N) is 1. The van der Waals surface area contributed by atoms with Crippen molar-refractivity contribution in [2.45, 2.75) is 33.1 Å². The third-order valence-electron chi connectivity index (χ3n) is 4.93. The molecule has 0 bridgehead atoms. The highest BCUT2D eigenvalue weighted by Crippen LogP contribution is 2.33. The number of aryl methyl sites for hydroxylation is 1. The molecule has 2 aromatic carbocycles. The van der Waals surface area contributed by atoms with Gasteiger partial charge in [0.05, 0.1) is 23.4 Å². The van der Waals surface area contributed by atoms with Crippen LogP contribution >= 0.6 is 23.2 Å². The Labute approximate surface area is 198 Å². The van der Waals surface area contributed by atoms with Crippen LogP contribution in [0.5, 0.6) is 0 Å². The molecule has 0 unspecified atom stereocenters. The fourth-order valence-electron chi connectivity index (χ4n) is 3.26. The maximum absolute atomic E-state index is 11.3. The van der Waals surface area contributed by atoms with Gasteiger partial charge in [-0.2, -0.15) is 0 Å². The van der Waals surface area contributed by atoms with Gasteiger partial charge in [0.2, 0.25) is 5.89 Å². The van der Waals surface area contributed by atoms with Gasteiger partial charge in [-0.15, -0.1) is 0 Å². The number of esters is 1. The van der Waals surface area contributed by atoms with Gasteiger partial charge in [0.1, 0.15) is 5.76 Å². The number of hydrogen-bond donors (Lipinski definition) is 0. The molecule has 32 heavy (non-hydrogen) atoms. The van der Waals surface area contributed by atoms with E-state index >= 15 is 0 Å². The molecule has 3 rings (SSSR count). The summed E-state index contributed by atoms with van der Waals surface area (Å²) in [6, 6.07) is 11.3. The lowest BCUT2D eigenvalue weighted by molar-refractivity contribution is -0.134. The van der Waals surface area contributed by atoms with Crippen molar-refractivity contribution in [1.29, 1.82) is 0 Å². The number of oxazole rings is 1. The molecule has 0 spiro atoms. The zero-order valence-electron chi connectivity index (χ0n) is 18.5. The lowest BCUT2D eigenvalue weighted by Gasteiger charge is -2.03. The van der Waals surface area contributed by atoms with Crippen LogP contribution in [-0.2, 0) is 16.0 Å². The molecule has 0 amide bonds. The Kier molecular flexibility index (Phi) is 7.94. The van der Waals surface area contributed by atoms with E-state index in [4.69, 9.17) is 32.6 Å². The number of benzene rings is 2. The predicted molar refractivity (Wildman–Crippen MR) is 131 cm³/mol. The normalized spacial score (nSPS) is 11.7. The minimum absolute atomic E-state index is 0.189. The quantitative estimate of drug-likeness (QED) is 0.265. The second kappa shape index (κ2) is 10.7. The summed E-state index contributed by atoms with van der Waals surface area (Å²) in [5.41, 5.74) is 4.70. The Balaban J connectivity index is 1.79. The number of halogens is 2. The maximum Gasteiger partial charge on any atom is 0.330 e. The van der Waals surface area contributed by atoms with Crippen LogP contribution in [0.4, 0.5) is 0 Å². The van der Waals surface area contributed by atoms with Crippen molar-refractivity contribution in [3.05, 3.63) is 86.7 Å². The smallest absolute Gasteiger partial charge is 0.330 e. The topological polar surface area (TPSA) is 52.3 Å². The van der Waals surface area contributed by atoms with Crippen molar-refractivity contribution in [2.24, 2.45) is 0 Å². The van der Waals surface area contributed by atoms with Gasteiger partial charge in [0.25, 0.3) is 0 Å². The summed E-state index contributed by atoms with van der Waals surface area (Å²) in [4.78, 5) is 16.0. The number of ether oxygens (including phenoxy) is 1. The molecule has 0 aliphatic heterocycles. The van der Waals surface area contributed by atoms with Gasteiger partial charge in [0, 0.05) is 23.4 Å². The van der Waals surface area contributed by atoms with Gasteiger partial charge in [-0.1, -0.05) is 67.4 Å². The van der Waals surface area contributed by atoms with Crippen LogP contribution in [0.15, 0.2) is 53.0 Å². The largest absolute Gasteiger partial charge is 0.466 e. The minimum atomic E-state index is -0.374. The Bertz CT molecular complexity index is 1180. The van der Waals surface area contributed by atoms with Crippen LogP contribution in [0.2, 0.25) is 10.0 Å². The SMILES string of the molecule is COC(=O)C=Cc1ccc(C=CCc2nc(-c3ccc(Cl)cc3Cl)oc2C(C)C)cc1C. The first-order valence-corrected chi connectivity index (χ1v) is 11.0. The van der Waals surface area contributed by atoms with E-state index in [0.29, 0.717) is 22.4 Å². The van der Waals surface area contributed by atoms with Crippen molar-refractivity contribution in [3.8, 4) is 11.5 Å². The van der Waals surface area contributed by atoms with Crippen LogP contribution in [0.25, 0.3) is 23.6 Å². The summed E-state index contributed by atoms with van der Waals surface area (Å²) in [7, 11) is 1.36. The zero-order valence-corrected chi connectivity index (χ0v) is 20.0. The molecular formula is C26H25Cl2NO3. The molecule has 0 radical (unpaired) electrons. The van der Waals surface area contributed by atoms with E-state index < -0.39 is 0 Å². The Morgan fingerprint density at radius 1 is 1.16 bits per heavy atom. The van der Waals surface area contributed by atoms with Gasteiger partial charge in [-0.05, 0) is 47.9 Å². The average molecular weight is 470 g/mol. The molecule has 0 N–H and O–H groups in total. The van der Waals surface area contributed by atoms with E-state index in [1.165, 1.54) is 13.2 Å². The predicted octanol–water partition coefficient (Wildman–Crippen LogP) is 7.52. The third kappa shape index (κ3) is 5.90. The number of hydrogen-bond acceptors (Lipinski definition) is 4. The van der Waals surface area contributed by atoms with Gasteiger partial charge >= 0.3 is 5.97 Å². The Hall–Kier alpha value is -2.82. The molecule has 0 aliphatic carbocycles. The lowest BCUT2D eigenvalue weighted by atomic mass is 10.0. The van der Waals surface area contributed by atoms with Gasteiger partial charge < -0.3 is 9.15 Å². The molecule has 6 heteroatoms. The maximum atomic E-state index is 11.3. The van der Waals surface area contributed by atoms with Crippen molar-refractivity contribution < 1.29 is 13.9 Å². The summed E-state index contributed by atoms with van der Waals surface area (Å²) in [6.45, 7) is 6.15. The minimum Gasteiger partial charge on any atom is -0.466 e. The number of methoxy groups -OCH3 is 1. The van der Waals surface area contributed by atoms with Crippen molar-refractivity contribution >= 4 is 41.3 Å². The molecule has 3 aromatic rings. The summed E-state index contributed by atoms with van der Waals surface area (Å²) < 4.78 is 10.7. The summed E-state index contributed by atoms with van der Waals surface area (Å²) in [5, 5.41) is 1.08. The fraction of sp³-hybridized carbons (Fsp3) is 0.231. The van der Waals surface area contributed by atoms with E-state index in [1.54, 1.807) is 18.2 Å². The first-order valence-electron chi connectivity index (χ1n) is 10.3. The Morgan fingerprint density at radius 3 is 2.59 bits per heavy atom. The highest BCUT2D eigenvalue weighted by atomic mass is 35.5. The molecule has 0 saturated heterocycles. The molecule has 166 valence electrons. The fourth-order valence-corrected chi connectivity index (χ4v) is 3.75. The van der Waals surface area contributed by atoms with Crippen LogP contribution in [0.3, 0.4) is 0 Å². The molecular weight excluding hydrogens is 445 g/mol. The number of carbonyl (C=O) groups excluding carboxylic acids is 1. The van der Waals surface area contributed by atoms with E-state index in [1.807, 2.05) is 25.1 Å². The van der Waals surface area contributed by atoms with Crippen molar-refractivity contribution in [1.82, 2.24) is 4.98 Å². The zero-order chi connectivity index (χ0) is 23.3. The van der Waals surface area contributed by atoms with Crippen molar-refractivity contribution in [2.75, 3.05) is 7.11 Å². The van der Waals surface area contributed by atoms with Crippen LogP contribution < -0.4 is 0 Å². The standard InChI is InChI=1S/C26H25Cl2NO3/c1-16(2)25-23(29-26(32-25)21-12-11-20(27)15-22(21)28)7-5-6-18-8-9-19(17(3)14-18)10-13-24(30)31-4/h5-6,8-16H,7H2,1-4H3. The van der Waals surface area contributed by atoms with E-state index in [2.05, 4.69) is 36.8 Å². The Morgan fingerprint density at radius 2 is 1.94 bits per heavy atom. The lowest BCUT2D eigenvalue weighted by Crippen LogP contribution is -1.93. The van der Waals surface area contributed by atoms with Crippen LogP contribution in [0.1, 0.15) is 47.9 Å². The molecule has 0 aliphatic rings. The molecule has 0 atom stereocenters. The first-order chi connectivity index (χ1) is 15.3. The number of aromatic nitrogens is 1.